The lowest BCUT2D eigenvalue weighted by molar-refractivity contribution is 0.0262. The average Bonchev–Trinajstić information content (AvgIpc) is 3.09. The highest BCUT2D eigenvalue weighted by molar-refractivity contribution is 6.01. The number of ether oxygens (including phenoxy) is 1. The van der Waals surface area contributed by atoms with E-state index < -0.39 is 5.60 Å². The number of hydrogen-bond donors (Lipinski definition) is 0. The lowest BCUT2D eigenvalue weighted by Crippen LogP contribution is -2.39. The molecule has 6 heteroatoms. The molecule has 0 spiro atoms. The maximum atomic E-state index is 12.1. The second-order valence-electron chi connectivity index (χ2n) is 7.87. The summed E-state index contributed by atoms with van der Waals surface area (Å²) in [6.07, 6.45) is 4.26. The molecule has 142 valence electrons. The SMILES string of the molecule is [C-]#[N+]c1ccc(C2=NOC(CC3=CCN(C(=O)OC(C)(C)C)CC3)C2)cc1. The third kappa shape index (κ3) is 5.10. The highest BCUT2D eigenvalue weighted by Gasteiger charge is 2.27. The van der Waals surface area contributed by atoms with Crippen LogP contribution in [0, 0.1) is 6.57 Å². The lowest BCUT2D eigenvalue weighted by atomic mass is 9.97. The zero-order chi connectivity index (χ0) is 19.4. The molecule has 0 radical (unpaired) electrons. The Kier molecular flexibility index (Phi) is 5.50. The minimum atomic E-state index is -0.473. The molecule has 0 saturated carbocycles. The maximum Gasteiger partial charge on any atom is 0.410 e. The van der Waals surface area contributed by atoms with Gasteiger partial charge in [0.2, 0.25) is 0 Å². The van der Waals surface area contributed by atoms with E-state index in [1.54, 1.807) is 17.0 Å². The molecule has 3 rings (SSSR count). The smallest absolute Gasteiger partial charge is 0.410 e. The third-order valence-corrected chi connectivity index (χ3v) is 4.51. The van der Waals surface area contributed by atoms with E-state index in [0.29, 0.717) is 18.8 Å². The van der Waals surface area contributed by atoms with Gasteiger partial charge in [0, 0.05) is 25.9 Å². The van der Waals surface area contributed by atoms with Crippen LogP contribution in [0.25, 0.3) is 4.85 Å². The molecular formula is C21H25N3O3. The summed E-state index contributed by atoms with van der Waals surface area (Å²) in [4.78, 5) is 22.9. The first-order valence-electron chi connectivity index (χ1n) is 9.20. The maximum absolute atomic E-state index is 12.1. The molecule has 0 N–H and O–H groups in total. The summed E-state index contributed by atoms with van der Waals surface area (Å²) < 4.78 is 5.42. The zero-order valence-corrected chi connectivity index (χ0v) is 16.1. The van der Waals surface area contributed by atoms with Gasteiger partial charge >= 0.3 is 6.09 Å². The normalized spacial score (nSPS) is 19.6. The van der Waals surface area contributed by atoms with Crippen LogP contribution < -0.4 is 0 Å². The van der Waals surface area contributed by atoms with Crippen LogP contribution in [0.5, 0.6) is 0 Å². The molecule has 27 heavy (non-hydrogen) atoms. The molecular weight excluding hydrogens is 342 g/mol. The van der Waals surface area contributed by atoms with E-state index in [1.807, 2.05) is 32.9 Å². The zero-order valence-electron chi connectivity index (χ0n) is 16.1. The van der Waals surface area contributed by atoms with Crippen LogP contribution in [0.1, 0.15) is 45.6 Å². The van der Waals surface area contributed by atoms with E-state index in [9.17, 15) is 4.79 Å². The molecule has 0 aliphatic carbocycles. The Labute approximate surface area is 160 Å². The summed E-state index contributed by atoms with van der Waals surface area (Å²) >= 11 is 0. The van der Waals surface area contributed by atoms with Crippen molar-refractivity contribution in [3.8, 4) is 0 Å². The average molecular weight is 367 g/mol. The van der Waals surface area contributed by atoms with Crippen molar-refractivity contribution in [3.05, 3.63) is 52.9 Å². The van der Waals surface area contributed by atoms with Crippen molar-refractivity contribution in [2.24, 2.45) is 5.16 Å². The molecule has 2 aliphatic heterocycles. The fourth-order valence-corrected chi connectivity index (χ4v) is 3.12. The van der Waals surface area contributed by atoms with E-state index in [1.165, 1.54) is 5.57 Å². The van der Waals surface area contributed by atoms with Crippen molar-refractivity contribution in [2.75, 3.05) is 13.1 Å². The van der Waals surface area contributed by atoms with Gasteiger partial charge in [-0.2, -0.15) is 0 Å². The topological polar surface area (TPSA) is 55.5 Å². The largest absolute Gasteiger partial charge is 0.444 e. The second kappa shape index (κ2) is 7.83. The van der Waals surface area contributed by atoms with Crippen molar-refractivity contribution in [1.82, 2.24) is 4.90 Å². The van der Waals surface area contributed by atoms with Crippen LogP contribution in [-0.4, -0.2) is 41.5 Å². The Morgan fingerprint density at radius 2 is 2.11 bits per heavy atom. The standard InChI is InChI=1S/C21H25N3O3/c1-21(2,3)26-20(25)24-11-9-15(10-12-24)13-18-14-19(23-27-18)16-5-7-17(22-4)8-6-16/h5-9,18H,10-14H2,1-3H3. The predicted molar refractivity (Wildman–Crippen MR) is 104 cm³/mol. The van der Waals surface area contributed by atoms with Crippen molar-refractivity contribution in [1.29, 1.82) is 0 Å². The van der Waals surface area contributed by atoms with E-state index in [0.717, 1.165) is 30.5 Å². The van der Waals surface area contributed by atoms with Crippen molar-refractivity contribution >= 4 is 17.5 Å². The molecule has 0 bridgehead atoms. The van der Waals surface area contributed by atoms with Gasteiger partial charge in [-0.25, -0.2) is 9.64 Å². The van der Waals surface area contributed by atoms with Crippen molar-refractivity contribution in [2.45, 2.75) is 51.7 Å². The van der Waals surface area contributed by atoms with Crippen molar-refractivity contribution < 1.29 is 14.4 Å². The number of nitrogens with zero attached hydrogens (tertiary/aromatic N) is 3. The van der Waals surface area contributed by atoms with Gasteiger partial charge in [0.25, 0.3) is 0 Å². The lowest BCUT2D eigenvalue weighted by Gasteiger charge is -2.29. The minimum absolute atomic E-state index is 0.0277. The Hall–Kier alpha value is -2.81. The number of carbonyl (C=O) groups is 1. The molecule has 0 aromatic heterocycles. The van der Waals surface area contributed by atoms with Crippen LogP contribution in [0.3, 0.4) is 0 Å². The third-order valence-electron chi connectivity index (χ3n) is 4.51. The Balaban J connectivity index is 1.50. The number of benzene rings is 1. The summed E-state index contributed by atoms with van der Waals surface area (Å²) in [5.74, 6) is 0. The predicted octanol–water partition coefficient (Wildman–Crippen LogP) is 4.69. The van der Waals surface area contributed by atoms with E-state index >= 15 is 0 Å². The van der Waals surface area contributed by atoms with E-state index in [2.05, 4.69) is 16.1 Å². The van der Waals surface area contributed by atoms with Gasteiger partial charge < -0.3 is 14.5 Å². The highest BCUT2D eigenvalue weighted by Crippen LogP contribution is 2.26. The first-order chi connectivity index (χ1) is 12.8. The van der Waals surface area contributed by atoms with Gasteiger partial charge in [0.05, 0.1) is 12.3 Å². The molecule has 2 aliphatic rings. The number of hydrogen-bond acceptors (Lipinski definition) is 4. The molecule has 1 atom stereocenters. The quantitative estimate of drug-likeness (QED) is 0.575. The molecule has 1 amide bonds. The highest BCUT2D eigenvalue weighted by atomic mass is 16.6. The summed E-state index contributed by atoms with van der Waals surface area (Å²) in [6, 6.07) is 7.42. The number of rotatable bonds is 3. The molecule has 0 saturated heterocycles. The number of amides is 1. The summed E-state index contributed by atoms with van der Waals surface area (Å²) in [6.45, 7) is 13.9. The van der Waals surface area contributed by atoms with Crippen molar-refractivity contribution in [3.63, 3.8) is 0 Å². The minimum Gasteiger partial charge on any atom is -0.444 e. The van der Waals surface area contributed by atoms with Gasteiger partial charge in [-0.1, -0.05) is 41.1 Å². The Bertz CT molecular complexity index is 797. The Morgan fingerprint density at radius 3 is 2.70 bits per heavy atom. The Morgan fingerprint density at radius 1 is 1.37 bits per heavy atom. The van der Waals surface area contributed by atoms with E-state index in [4.69, 9.17) is 16.1 Å². The van der Waals surface area contributed by atoms with Crippen LogP contribution in [-0.2, 0) is 9.57 Å². The molecule has 1 aromatic rings. The van der Waals surface area contributed by atoms with Gasteiger partial charge in [-0.05, 0) is 32.8 Å². The van der Waals surface area contributed by atoms with E-state index in [-0.39, 0.29) is 12.2 Å². The molecule has 1 unspecified atom stereocenters. The summed E-state index contributed by atoms with van der Waals surface area (Å²) in [7, 11) is 0. The second-order valence-corrected chi connectivity index (χ2v) is 7.87. The van der Waals surface area contributed by atoms with Gasteiger partial charge in [0.1, 0.15) is 11.7 Å². The summed E-state index contributed by atoms with van der Waals surface area (Å²) in [5.41, 5.74) is 3.36. The van der Waals surface area contributed by atoms with Gasteiger partial charge in [-0.3, -0.25) is 0 Å². The van der Waals surface area contributed by atoms with Crippen LogP contribution in [0.2, 0.25) is 0 Å². The monoisotopic (exact) mass is 367 g/mol. The fourth-order valence-electron chi connectivity index (χ4n) is 3.12. The van der Waals surface area contributed by atoms with Crippen LogP contribution in [0.15, 0.2) is 41.1 Å². The number of carbonyl (C=O) groups excluding carboxylic acids is 1. The first kappa shape index (κ1) is 19.0. The first-order valence-corrected chi connectivity index (χ1v) is 9.20. The van der Waals surface area contributed by atoms with Crippen LogP contribution in [0.4, 0.5) is 10.5 Å². The van der Waals surface area contributed by atoms with Gasteiger partial charge in [-0.15, -0.1) is 0 Å². The summed E-state index contributed by atoms with van der Waals surface area (Å²) in [5, 5.41) is 4.22. The van der Waals surface area contributed by atoms with Gasteiger partial charge in [0.15, 0.2) is 5.69 Å². The molecule has 0 fully saturated rings. The molecule has 6 nitrogen and oxygen atoms in total. The number of oxime groups is 1. The molecule has 1 aromatic carbocycles. The molecule has 2 heterocycles. The fraction of sp³-hybridized carbons (Fsp3) is 0.476. The van der Waals surface area contributed by atoms with Crippen LogP contribution >= 0.6 is 0 Å².